The van der Waals surface area contributed by atoms with Crippen molar-refractivity contribution in [3.63, 3.8) is 0 Å². The van der Waals surface area contributed by atoms with Crippen LogP contribution < -0.4 is 0 Å². The lowest BCUT2D eigenvalue weighted by Crippen LogP contribution is -2.28. The monoisotopic (exact) mass is 214 g/mol. The molecule has 0 aliphatic heterocycles. The van der Waals surface area contributed by atoms with Crippen molar-refractivity contribution in [3.8, 4) is 0 Å². The summed E-state index contributed by atoms with van der Waals surface area (Å²) in [7, 11) is 0. The number of carbonyl (C=O) groups excluding carboxylic acids is 3. The van der Waals surface area contributed by atoms with E-state index in [4.69, 9.17) is 5.11 Å². The molecule has 0 radical (unpaired) electrons. The largest absolute Gasteiger partial charge is 0.481 e. The zero-order valence-corrected chi connectivity index (χ0v) is 8.06. The Kier molecular flexibility index (Phi) is 4.94. The third kappa shape index (κ3) is 4.17. The van der Waals surface area contributed by atoms with Crippen LogP contribution in [0.15, 0.2) is 12.2 Å². The number of hydrogen-bond donors (Lipinski definition) is 1. The Labute approximate surface area is 85.5 Å². The number of carboxylic acid groups (broad SMARTS) is 1. The van der Waals surface area contributed by atoms with E-state index >= 15 is 0 Å². The standard InChI is InChI=1S/C9H10O6/c1-5(2)8(13)6(3-7(11)12)9(14)15-4-10/h4,6H,1,3H2,2H3,(H,11,12). The van der Waals surface area contributed by atoms with Crippen LogP contribution in [0.3, 0.4) is 0 Å². The normalized spacial score (nSPS) is 11.3. The molecular formula is C9H10O6. The van der Waals surface area contributed by atoms with Gasteiger partial charge in [0.2, 0.25) is 0 Å². The number of Topliss-reactive ketones (excluding diaryl/α,β-unsaturated/α-hetero) is 1. The summed E-state index contributed by atoms with van der Waals surface area (Å²) in [6, 6.07) is 0. The Morgan fingerprint density at radius 3 is 2.33 bits per heavy atom. The Morgan fingerprint density at radius 1 is 1.47 bits per heavy atom. The van der Waals surface area contributed by atoms with Crippen LogP contribution >= 0.6 is 0 Å². The van der Waals surface area contributed by atoms with E-state index in [-0.39, 0.29) is 12.0 Å². The van der Waals surface area contributed by atoms with Crippen molar-refractivity contribution in [1.82, 2.24) is 0 Å². The molecule has 0 saturated heterocycles. The molecule has 0 aliphatic rings. The van der Waals surface area contributed by atoms with E-state index in [1.165, 1.54) is 6.92 Å². The minimum atomic E-state index is -1.51. The predicted molar refractivity (Wildman–Crippen MR) is 47.7 cm³/mol. The molecule has 0 fully saturated rings. The van der Waals surface area contributed by atoms with Gasteiger partial charge in [0.05, 0.1) is 6.42 Å². The smallest absolute Gasteiger partial charge is 0.324 e. The molecule has 1 atom stereocenters. The van der Waals surface area contributed by atoms with Gasteiger partial charge in [0.25, 0.3) is 0 Å². The van der Waals surface area contributed by atoms with Gasteiger partial charge < -0.3 is 9.84 Å². The number of carboxylic acids is 1. The highest BCUT2D eigenvalue weighted by atomic mass is 16.6. The number of ketones is 1. The molecule has 1 unspecified atom stereocenters. The highest BCUT2D eigenvalue weighted by Gasteiger charge is 2.30. The van der Waals surface area contributed by atoms with E-state index in [2.05, 4.69) is 11.3 Å². The van der Waals surface area contributed by atoms with Gasteiger partial charge in [-0.3, -0.25) is 19.2 Å². The Morgan fingerprint density at radius 2 is 2.00 bits per heavy atom. The summed E-state index contributed by atoms with van der Waals surface area (Å²) in [5.74, 6) is -4.77. The quantitative estimate of drug-likeness (QED) is 0.287. The summed E-state index contributed by atoms with van der Waals surface area (Å²) in [4.78, 5) is 42.6. The summed E-state index contributed by atoms with van der Waals surface area (Å²) in [6.45, 7) is 4.48. The van der Waals surface area contributed by atoms with Crippen LogP contribution in [-0.4, -0.2) is 29.3 Å². The second-order valence-corrected chi connectivity index (χ2v) is 2.83. The molecule has 0 aromatic rings. The van der Waals surface area contributed by atoms with Gasteiger partial charge in [-0.25, -0.2) is 0 Å². The number of allylic oxidation sites excluding steroid dienone is 1. The molecule has 6 heteroatoms. The zero-order chi connectivity index (χ0) is 12.0. The van der Waals surface area contributed by atoms with Gasteiger partial charge >= 0.3 is 18.4 Å². The van der Waals surface area contributed by atoms with Crippen LogP contribution in [0.25, 0.3) is 0 Å². The minimum Gasteiger partial charge on any atom is -0.481 e. The highest BCUT2D eigenvalue weighted by molar-refractivity contribution is 6.09. The number of carbonyl (C=O) groups is 4. The molecule has 0 aromatic heterocycles. The lowest BCUT2D eigenvalue weighted by molar-refractivity contribution is -0.159. The van der Waals surface area contributed by atoms with Crippen molar-refractivity contribution in [1.29, 1.82) is 0 Å². The Bertz CT molecular complexity index is 317. The molecule has 6 nitrogen and oxygen atoms in total. The molecule has 0 bridgehead atoms. The maximum absolute atomic E-state index is 11.3. The summed E-state index contributed by atoms with van der Waals surface area (Å²) < 4.78 is 3.93. The lowest BCUT2D eigenvalue weighted by atomic mass is 9.96. The predicted octanol–water partition coefficient (Wildman–Crippen LogP) is -0.0779. The van der Waals surface area contributed by atoms with Crippen molar-refractivity contribution in [3.05, 3.63) is 12.2 Å². The number of hydrogen-bond acceptors (Lipinski definition) is 5. The third-order valence-electron chi connectivity index (χ3n) is 1.56. The van der Waals surface area contributed by atoms with Crippen LogP contribution in [-0.2, 0) is 23.9 Å². The highest BCUT2D eigenvalue weighted by Crippen LogP contribution is 2.11. The molecule has 82 valence electrons. The molecule has 0 spiro atoms. The molecule has 0 aliphatic carbocycles. The van der Waals surface area contributed by atoms with Crippen LogP contribution in [0, 0.1) is 5.92 Å². The first kappa shape index (κ1) is 13.0. The number of ether oxygens (including phenoxy) is 1. The van der Waals surface area contributed by atoms with E-state index in [0.29, 0.717) is 0 Å². The summed E-state index contributed by atoms with van der Waals surface area (Å²) >= 11 is 0. The van der Waals surface area contributed by atoms with Crippen molar-refractivity contribution in [2.45, 2.75) is 13.3 Å². The number of aliphatic carboxylic acids is 1. The van der Waals surface area contributed by atoms with E-state index in [1.807, 2.05) is 0 Å². The van der Waals surface area contributed by atoms with Gasteiger partial charge in [0.1, 0.15) is 5.92 Å². The number of esters is 1. The second kappa shape index (κ2) is 5.69. The first-order chi connectivity index (χ1) is 6.90. The SMILES string of the molecule is C=C(C)C(=O)C(CC(=O)O)C(=O)OC=O. The molecule has 0 saturated carbocycles. The first-order valence-electron chi connectivity index (χ1n) is 3.95. The Hall–Kier alpha value is -1.98. The van der Waals surface area contributed by atoms with Gasteiger partial charge in [-0.1, -0.05) is 6.58 Å². The van der Waals surface area contributed by atoms with Gasteiger partial charge in [-0.2, -0.15) is 0 Å². The van der Waals surface area contributed by atoms with Crippen molar-refractivity contribution in [2.75, 3.05) is 0 Å². The fraction of sp³-hybridized carbons (Fsp3) is 0.333. The van der Waals surface area contributed by atoms with Crippen molar-refractivity contribution in [2.24, 2.45) is 5.92 Å². The van der Waals surface area contributed by atoms with Gasteiger partial charge in [0, 0.05) is 0 Å². The summed E-state index contributed by atoms with van der Waals surface area (Å²) in [5, 5.41) is 8.45. The minimum absolute atomic E-state index is 0.0316. The average Bonchev–Trinajstić information content (AvgIpc) is 2.13. The Balaban J connectivity index is 4.79. The third-order valence-corrected chi connectivity index (χ3v) is 1.56. The fourth-order valence-electron chi connectivity index (χ4n) is 0.885. The van der Waals surface area contributed by atoms with Crippen LogP contribution in [0.1, 0.15) is 13.3 Å². The van der Waals surface area contributed by atoms with E-state index in [0.717, 1.165) is 0 Å². The van der Waals surface area contributed by atoms with E-state index in [9.17, 15) is 19.2 Å². The van der Waals surface area contributed by atoms with Crippen LogP contribution in [0.2, 0.25) is 0 Å². The molecule has 0 heterocycles. The molecular weight excluding hydrogens is 204 g/mol. The van der Waals surface area contributed by atoms with E-state index < -0.39 is 30.1 Å². The van der Waals surface area contributed by atoms with Crippen LogP contribution in [0.4, 0.5) is 0 Å². The molecule has 15 heavy (non-hydrogen) atoms. The van der Waals surface area contributed by atoms with Crippen LogP contribution in [0.5, 0.6) is 0 Å². The lowest BCUT2D eigenvalue weighted by Gasteiger charge is -2.09. The maximum Gasteiger partial charge on any atom is 0.324 e. The topological polar surface area (TPSA) is 97.7 Å². The van der Waals surface area contributed by atoms with Crippen molar-refractivity contribution >= 4 is 24.2 Å². The average molecular weight is 214 g/mol. The molecule has 0 rings (SSSR count). The van der Waals surface area contributed by atoms with Gasteiger partial charge in [0.15, 0.2) is 5.78 Å². The molecule has 0 amide bonds. The molecule has 1 N–H and O–H groups in total. The second-order valence-electron chi connectivity index (χ2n) is 2.83. The number of rotatable bonds is 6. The zero-order valence-electron chi connectivity index (χ0n) is 8.06. The first-order valence-corrected chi connectivity index (χ1v) is 3.95. The maximum atomic E-state index is 11.3. The summed E-state index contributed by atoms with van der Waals surface area (Å²) in [5.41, 5.74) is 0.0316. The molecule has 0 aromatic carbocycles. The van der Waals surface area contributed by atoms with E-state index in [1.54, 1.807) is 0 Å². The van der Waals surface area contributed by atoms with Gasteiger partial charge in [-0.15, -0.1) is 0 Å². The van der Waals surface area contributed by atoms with Gasteiger partial charge in [-0.05, 0) is 12.5 Å². The summed E-state index contributed by atoms with van der Waals surface area (Å²) in [6.07, 6.45) is -0.724. The van der Waals surface area contributed by atoms with Crippen molar-refractivity contribution < 1.29 is 29.0 Å². The fourth-order valence-corrected chi connectivity index (χ4v) is 0.885.